The quantitative estimate of drug-likeness (QED) is 0.405. The molecule has 0 heterocycles. The predicted octanol–water partition coefficient (Wildman–Crippen LogP) is 4.04. The number of aliphatic hydroxyl groups excluding tert-OH is 3. The van der Waals surface area contributed by atoms with Gasteiger partial charge in [-0.2, -0.15) is 0 Å². The molecule has 192 valence electrons. The first-order chi connectivity index (χ1) is 15.5. The van der Waals surface area contributed by atoms with Crippen LogP contribution in [0.25, 0.3) is 0 Å². The Labute approximate surface area is 202 Å². The summed E-state index contributed by atoms with van der Waals surface area (Å²) in [5.74, 6) is 3.83. The molecule has 0 bridgehead atoms. The van der Waals surface area contributed by atoms with E-state index in [1.807, 2.05) is 0 Å². The van der Waals surface area contributed by atoms with Gasteiger partial charge in [-0.05, 0) is 112 Å². The second-order valence-corrected chi connectivity index (χ2v) is 13.7. The maximum atomic E-state index is 11.2. The highest BCUT2D eigenvalue weighted by atomic mass is 16.3. The van der Waals surface area contributed by atoms with E-state index in [1.54, 1.807) is 0 Å². The van der Waals surface area contributed by atoms with Crippen LogP contribution in [0.2, 0.25) is 0 Å². The van der Waals surface area contributed by atoms with Gasteiger partial charge >= 0.3 is 0 Å². The number of hydrogen-bond acceptors (Lipinski definition) is 5. The van der Waals surface area contributed by atoms with Crippen LogP contribution < -0.4 is 11.1 Å². The summed E-state index contributed by atoms with van der Waals surface area (Å²) in [4.78, 5) is 0. The lowest BCUT2D eigenvalue weighted by molar-refractivity contribution is -0.0477. The first-order valence-electron chi connectivity index (χ1n) is 14.1. The lowest BCUT2D eigenvalue weighted by Crippen LogP contribution is -2.51. The van der Waals surface area contributed by atoms with E-state index >= 15 is 0 Å². The van der Waals surface area contributed by atoms with E-state index in [0.29, 0.717) is 30.2 Å². The van der Waals surface area contributed by atoms with E-state index in [2.05, 4.69) is 33.0 Å². The predicted molar refractivity (Wildman–Crippen MR) is 133 cm³/mol. The number of nitrogens with one attached hydrogen (secondary N) is 1. The summed E-state index contributed by atoms with van der Waals surface area (Å²) in [5.41, 5.74) is 6.43. The van der Waals surface area contributed by atoms with Crippen LogP contribution in [0.15, 0.2) is 0 Å². The van der Waals surface area contributed by atoms with Gasteiger partial charge in [-0.3, -0.25) is 5.32 Å². The standard InChI is InChI=1S/C28H52N2O3/c1-16-9-19-10-17(5-6-18(19)14-25(16)29)20-11-21(13-23(31)12-20)27(33)30-22-7-8-26(32)24(15-22)28(2,3)4/h16-27,30-33H,5-15,29H2,1-4H3/t16?,17?,18?,19?,20?,21?,22?,23-,24?,25?,26?,27?/m1/s1. The van der Waals surface area contributed by atoms with E-state index < -0.39 is 6.23 Å². The third-order valence-electron chi connectivity index (χ3n) is 10.4. The zero-order valence-electron chi connectivity index (χ0n) is 21.6. The van der Waals surface area contributed by atoms with Crippen LogP contribution in [0.5, 0.6) is 0 Å². The Morgan fingerprint density at radius 2 is 1.45 bits per heavy atom. The van der Waals surface area contributed by atoms with Gasteiger partial charge in [0, 0.05) is 18.0 Å². The fourth-order valence-electron chi connectivity index (χ4n) is 8.26. The molecule has 4 aliphatic carbocycles. The smallest absolute Gasteiger partial charge is 0.108 e. The van der Waals surface area contributed by atoms with Gasteiger partial charge < -0.3 is 21.1 Å². The number of fused-ring (bicyclic) bond motifs is 1. The molecule has 5 heteroatoms. The third-order valence-corrected chi connectivity index (χ3v) is 10.4. The normalized spacial score (nSPS) is 48.2. The molecule has 0 aromatic heterocycles. The number of hydrogen-bond donors (Lipinski definition) is 5. The minimum Gasteiger partial charge on any atom is -0.393 e. The minimum absolute atomic E-state index is 0.0657. The van der Waals surface area contributed by atoms with Crippen LogP contribution >= 0.6 is 0 Å². The van der Waals surface area contributed by atoms with Gasteiger partial charge in [-0.1, -0.05) is 27.7 Å². The maximum Gasteiger partial charge on any atom is 0.108 e. The second-order valence-electron chi connectivity index (χ2n) is 13.7. The van der Waals surface area contributed by atoms with Crippen LogP contribution in [0.4, 0.5) is 0 Å². The van der Waals surface area contributed by atoms with Gasteiger partial charge in [-0.15, -0.1) is 0 Å². The van der Waals surface area contributed by atoms with Crippen molar-refractivity contribution < 1.29 is 15.3 Å². The first kappa shape index (κ1) is 25.9. The van der Waals surface area contributed by atoms with E-state index in [-0.39, 0.29) is 35.5 Å². The monoisotopic (exact) mass is 464 g/mol. The largest absolute Gasteiger partial charge is 0.393 e. The molecule has 0 amide bonds. The molecule has 4 aliphatic rings. The van der Waals surface area contributed by atoms with Crippen molar-refractivity contribution in [2.75, 3.05) is 0 Å². The highest BCUT2D eigenvalue weighted by Crippen LogP contribution is 2.49. The van der Waals surface area contributed by atoms with Crippen molar-refractivity contribution in [2.45, 2.75) is 129 Å². The molecule has 0 aromatic carbocycles. The molecule has 5 nitrogen and oxygen atoms in total. The Kier molecular flexibility index (Phi) is 8.17. The molecule has 0 aromatic rings. The summed E-state index contributed by atoms with van der Waals surface area (Å²) in [6.07, 6.45) is 10.5. The van der Waals surface area contributed by atoms with Crippen molar-refractivity contribution in [3.05, 3.63) is 0 Å². The summed E-state index contributed by atoms with van der Waals surface area (Å²) in [5, 5.41) is 35.9. The molecule has 11 unspecified atom stereocenters. The molecule has 12 atom stereocenters. The van der Waals surface area contributed by atoms with Crippen LogP contribution in [-0.4, -0.2) is 45.8 Å². The van der Waals surface area contributed by atoms with Gasteiger partial charge in [0.2, 0.25) is 0 Å². The molecule has 0 aliphatic heterocycles. The number of aliphatic hydroxyl groups is 3. The first-order valence-corrected chi connectivity index (χ1v) is 14.1. The highest BCUT2D eigenvalue weighted by molar-refractivity contribution is 4.95. The van der Waals surface area contributed by atoms with Crippen LogP contribution in [0, 0.1) is 46.8 Å². The van der Waals surface area contributed by atoms with Crippen molar-refractivity contribution in [3.8, 4) is 0 Å². The second kappa shape index (κ2) is 10.4. The summed E-state index contributed by atoms with van der Waals surface area (Å²) in [6.45, 7) is 8.94. The topological polar surface area (TPSA) is 98.7 Å². The molecule has 0 saturated heterocycles. The Bertz CT molecular complexity index is 637. The van der Waals surface area contributed by atoms with Crippen molar-refractivity contribution >= 4 is 0 Å². The number of nitrogens with two attached hydrogens (primary N) is 1. The summed E-state index contributed by atoms with van der Waals surface area (Å²) >= 11 is 0. The molecule has 4 rings (SSSR count). The van der Waals surface area contributed by atoms with Crippen LogP contribution in [0.1, 0.15) is 98.3 Å². The molecular weight excluding hydrogens is 412 g/mol. The van der Waals surface area contributed by atoms with Gasteiger partial charge in [-0.25, -0.2) is 0 Å². The van der Waals surface area contributed by atoms with Gasteiger partial charge in [0.15, 0.2) is 0 Å². The van der Waals surface area contributed by atoms with E-state index in [4.69, 9.17) is 5.73 Å². The molecule has 4 fully saturated rings. The molecule has 0 spiro atoms. The Hall–Kier alpha value is -0.200. The molecule has 6 N–H and O–H groups in total. The Balaban J connectivity index is 1.33. The fourth-order valence-corrected chi connectivity index (χ4v) is 8.26. The van der Waals surface area contributed by atoms with Crippen molar-refractivity contribution in [2.24, 2.45) is 52.6 Å². The molecule has 4 saturated carbocycles. The fraction of sp³-hybridized carbons (Fsp3) is 1.00. The molecule has 0 radical (unpaired) electrons. The van der Waals surface area contributed by atoms with Gasteiger partial charge in [0.1, 0.15) is 6.23 Å². The van der Waals surface area contributed by atoms with E-state index in [0.717, 1.165) is 43.9 Å². The summed E-state index contributed by atoms with van der Waals surface area (Å²) in [6, 6.07) is 0.622. The summed E-state index contributed by atoms with van der Waals surface area (Å²) in [7, 11) is 0. The minimum atomic E-state index is -0.563. The highest BCUT2D eigenvalue weighted by Gasteiger charge is 2.43. The Morgan fingerprint density at radius 3 is 2.15 bits per heavy atom. The lowest BCUT2D eigenvalue weighted by atomic mass is 9.60. The van der Waals surface area contributed by atoms with Crippen molar-refractivity contribution in [3.63, 3.8) is 0 Å². The maximum absolute atomic E-state index is 11.2. The average molecular weight is 465 g/mol. The van der Waals surface area contributed by atoms with Gasteiger partial charge in [0.05, 0.1) is 12.2 Å². The summed E-state index contributed by atoms with van der Waals surface area (Å²) < 4.78 is 0. The van der Waals surface area contributed by atoms with E-state index in [1.165, 1.54) is 32.1 Å². The average Bonchev–Trinajstić information content (AvgIpc) is 2.74. The SMILES string of the molecule is CC1CC2CC(C3CC(C(O)NC4CCC(O)C(C(C)(C)C)C4)C[C@H](O)C3)CCC2CC1N. The van der Waals surface area contributed by atoms with Crippen LogP contribution in [0.3, 0.4) is 0 Å². The van der Waals surface area contributed by atoms with Crippen molar-refractivity contribution in [1.82, 2.24) is 5.32 Å². The third kappa shape index (κ3) is 6.14. The lowest BCUT2D eigenvalue weighted by Gasteiger charge is -2.48. The van der Waals surface area contributed by atoms with Crippen LogP contribution in [-0.2, 0) is 0 Å². The molecule has 33 heavy (non-hydrogen) atoms. The zero-order chi connectivity index (χ0) is 23.9. The Morgan fingerprint density at radius 1 is 0.788 bits per heavy atom. The zero-order valence-corrected chi connectivity index (χ0v) is 21.6. The molecular formula is C28H52N2O3. The van der Waals surface area contributed by atoms with E-state index in [9.17, 15) is 15.3 Å². The van der Waals surface area contributed by atoms with Gasteiger partial charge in [0.25, 0.3) is 0 Å². The number of rotatable bonds is 4. The van der Waals surface area contributed by atoms with Crippen molar-refractivity contribution in [1.29, 1.82) is 0 Å².